The van der Waals surface area contributed by atoms with Crippen LogP contribution in [0.4, 0.5) is 0 Å². The molecular weight excluding hydrogens is 729 g/mol. The topological polar surface area (TPSA) is 38.9 Å². The third kappa shape index (κ3) is 5.30. The molecule has 3 heteroatoms. The van der Waals surface area contributed by atoms with Crippen molar-refractivity contribution in [2.45, 2.75) is 5.41 Å². The SMILES string of the molecule is c1ccc(C2(c3ccccc3)c3ccccc3-c3ccc(-c4cc(-c5cccc(-c6cccc7c6oc6ccccc67)c5)nc(-c5ccc6ccccc6c5)n4)cc32)cc1. The highest BCUT2D eigenvalue weighted by Gasteiger charge is 2.46. The fourth-order valence-electron chi connectivity index (χ4n) is 9.62. The molecule has 0 N–H and O–H groups in total. The minimum Gasteiger partial charge on any atom is -0.455 e. The zero-order valence-electron chi connectivity index (χ0n) is 32.6. The normalized spacial score (nSPS) is 12.8. The maximum atomic E-state index is 6.49. The standard InChI is InChI=1S/C57H36N2O/c1-3-19-43(20-4-1)57(44-21-5-2-6-22-44)50-27-11-9-23-46(50)47-32-31-41(35-51(47)57)53-36-52(58-56(59-53)42-30-29-37-15-7-8-16-38(37)33-42)40-18-13-17-39(34-40)45-25-14-26-49-48-24-10-12-28-54(48)60-55(45)49/h1-36H. The molecule has 0 atom stereocenters. The Hall–Kier alpha value is -7.88. The molecule has 0 saturated carbocycles. The molecule has 60 heavy (non-hydrogen) atoms. The Morgan fingerprint density at radius 2 is 0.950 bits per heavy atom. The first-order valence-electron chi connectivity index (χ1n) is 20.5. The van der Waals surface area contributed by atoms with E-state index in [9.17, 15) is 0 Å². The fourth-order valence-corrected chi connectivity index (χ4v) is 9.62. The summed E-state index contributed by atoms with van der Waals surface area (Å²) in [6.07, 6.45) is 0. The lowest BCUT2D eigenvalue weighted by Crippen LogP contribution is -2.28. The van der Waals surface area contributed by atoms with E-state index in [1.165, 1.54) is 38.8 Å². The van der Waals surface area contributed by atoms with Gasteiger partial charge in [-0.2, -0.15) is 0 Å². The lowest BCUT2D eigenvalue weighted by atomic mass is 9.67. The first-order chi connectivity index (χ1) is 29.7. The summed E-state index contributed by atoms with van der Waals surface area (Å²) in [5, 5.41) is 4.56. The first kappa shape index (κ1) is 34.2. The Kier molecular flexibility index (Phi) is 7.76. The largest absolute Gasteiger partial charge is 0.455 e. The number of furan rings is 1. The fraction of sp³-hybridized carbons (Fsp3) is 0.0175. The van der Waals surface area contributed by atoms with Crippen molar-refractivity contribution in [3.63, 3.8) is 0 Å². The van der Waals surface area contributed by atoms with Gasteiger partial charge in [0.2, 0.25) is 0 Å². The van der Waals surface area contributed by atoms with Crippen LogP contribution in [0, 0.1) is 0 Å². The van der Waals surface area contributed by atoms with Crippen LogP contribution in [0.3, 0.4) is 0 Å². The number of rotatable bonds is 6. The molecule has 0 amide bonds. The molecule has 0 aliphatic heterocycles. The van der Waals surface area contributed by atoms with Crippen molar-refractivity contribution >= 4 is 32.7 Å². The monoisotopic (exact) mass is 764 g/mol. The predicted octanol–water partition coefficient (Wildman–Crippen LogP) is 14.6. The van der Waals surface area contributed by atoms with E-state index >= 15 is 0 Å². The molecule has 1 aliphatic carbocycles. The summed E-state index contributed by atoms with van der Waals surface area (Å²) in [6.45, 7) is 0. The summed E-state index contributed by atoms with van der Waals surface area (Å²) in [5.74, 6) is 0.680. The molecule has 0 unspecified atom stereocenters. The van der Waals surface area contributed by atoms with Crippen LogP contribution in [0.2, 0.25) is 0 Å². The van der Waals surface area contributed by atoms with Gasteiger partial charge in [-0.05, 0) is 80.0 Å². The van der Waals surface area contributed by atoms with Gasteiger partial charge < -0.3 is 4.42 Å². The quantitative estimate of drug-likeness (QED) is 0.169. The summed E-state index contributed by atoms with van der Waals surface area (Å²) >= 11 is 0. The van der Waals surface area contributed by atoms with Gasteiger partial charge in [0, 0.05) is 33.0 Å². The minimum absolute atomic E-state index is 0.520. The van der Waals surface area contributed by atoms with Crippen LogP contribution >= 0.6 is 0 Å². The van der Waals surface area contributed by atoms with Crippen LogP contribution < -0.4 is 0 Å². The van der Waals surface area contributed by atoms with Crippen molar-refractivity contribution in [2.24, 2.45) is 0 Å². The Bertz CT molecular complexity index is 3400. The van der Waals surface area contributed by atoms with E-state index in [2.05, 4.69) is 206 Å². The molecule has 0 spiro atoms. The number of hydrogen-bond donors (Lipinski definition) is 0. The maximum absolute atomic E-state index is 6.49. The highest BCUT2D eigenvalue weighted by molar-refractivity contribution is 6.09. The van der Waals surface area contributed by atoms with Gasteiger partial charge in [-0.1, -0.05) is 188 Å². The molecule has 2 heterocycles. The Morgan fingerprint density at radius 3 is 1.77 bits per heavy atom. The average molecular weight is 765 g/mol. The molecule has 0 bridgehead atoms. The van der Waals surface area contributed by atoms with Gasteiger partial charge in [-0.15, -0.1) is 0 Å². The van der Waals surface area contributed by atoms with Gasteiger partial charge >= 0.3 is 0 Å². The van der Waals surface area contributed by atoms with Gasteiger partial charge in [0.15, 0.2) is 5.82 Å². The highest BCUT2D eigenvalue weighted by Crippen LogP contribution is 2.56. The summed E-state index contributed by atoms with van der Waals surface area (Å²) in [5.41, 5.74) is 15.6. The van der Waals surface area contributed by atoms with Crippen molar-refractivity contribution in [2.75, 3.05) is 0 Å². The maximum Gasteiger partial charge on any atom is 0.160 e. The summed E-state index contributed by atoms with van der Waals surface area (Å²) in [7, 11) is 0. The second-order valence-electron chi connectivity index (χ2n) is 15.7. The molecule has 3 nitrogen and oxygen atoms in total. The number of aromatic nitrogens is 2. The van der Waals surface area contributed by atoms with Crippen LogP contribution in [0.5, 0.6) is 0 Å². The second-order valence-corrected chi connectivity index (χ2v) is 15.7. The van der Waals surface area contributed by atoms with Gasteiger partial charge in [0.1, 0.15) is 11.2 Å². The number of para-hydroxylation sites is 2. The van der Waals surface area contributed by atoms with Crippen LogP contribution in [0.15, 0.2) is 223 Å². The van der Waals surface area contributed by atoms with E-state index in [1.807, 2.05) is 12.1 Å². The van der Waals surface area contributed by atoms with E-state index in [4.69, 9.17) is 14.4 Å². The number of nitrogens with zero attached hydrogens (tertiary/aromatic N) is 2. The molecule has 11 aromatic rings. The first-order valence-corrected chi connectivity index (χ1v) is 20.5. The van der Waals surface area contributed by atoms with Crippen LogP contribution in [0.1, 0.15) is 22.3 Å². The van der Waals surface area contributed by atoms with Crippen LogP contribution in [-0.2, 0) is 5.41 Å². The van der Waals surface area contributed by atoms with E-state index in [-0.39, 0.29) is 0 Å². The lowest BCUT2D eigenvalue weighted by Gasteiger charge is -2.34. The number of fused-ring (bicyclic) bond motifs is 7. The molecule has 0 radical (unpaired) electrons. The van der Waals surface area contributed by atoms with Crippen molar-refractivity contribution < 1.29 is 4.42 Å². The summed E-state index contributed by atoms with van der Waals surface area (Å²) in [4.78, 5) is 10.7. The Morgan fingerprint density at radius 1 is 0.350 bits per heavy atom. The number of benzene rings is 9. The Balaban J connectivity index is 1.07. The van der Waals surface area contributed by atoms with Gasteiger partial charge in [-0.25, -0.2) is 9.97 Å². The molecular formula is C57H36N2O. The van der Waals surface area contributed by atoms with Gasteiger partial charge in [-0.3, -0.25) is 0 Å². The number of hydrogen-bond acceptors (Lipinski definition) is 3. The van der Waals surface area contributed by atoms with Crippen LogP contribution in [-0.4, -0.2) is 9.97 Å². The summed E-state index contributed by atoms with van der Waals surface area (Å²) < 4.78 is 6.49. The molecule has 0 fully saturated rings. The van der Waals surface area contributed by atoms with E-state index in [0.717, 1.165) is 66.5 Å². The van der Waals surface area contributed by atoms with Crippen LogP contribution in [0.25, 0.3) is 88.9 Å². The summed E-state index contributed by atoms with van der Waals surface area (Å²) in [6, 6.07) is 78.1. The molecule has 9 aromatic carbocycles. The zero-order valence-corrected chi connectivity index (χ0v) is 32.6. The van der Waals surface area contributed by atoms with E-state index in [0.29, 0.717) is 5.82 Å². The molecule has 12 rings (SSSR count). The van der Waals surface area contributed by atoms with Gasteiger partial charge in [0.05, 0.1) is 16.8 Å². The third-order valence-corrected chi connectivity index (χ3v) is 12.4. The smallest absolute Gasteiger partial charge is 0.160 e. The predicted molar refractivity (Wildman–Crippen MR) is 246 cm³/mol. The van der Waals surface area contributed by atoms with Crippen molar-refractivity contribution in [3.8, 4) is 56.2 Å². The molecule has 280 valence electrons. The molecule has 0 saturated heterocycles. The minimum atomic E-state index is -0.520. The second kappa shape index (κ2) is 13.6. The van der Waals surface area contributed by atoms with Crippen molar-refractivity contribution in [1.82, 2.24) is 9.97 Å². The molecule has 2 aromatic heterocycles. The lowest BCUT2D eigenvalue weighted by molar-refractivity contribution is 0.670. The van der Waals surface area contributed by atoms with Crippen molar-refractivity contribution in [3.05, 3.63) is 241 Å². The highest BCUT2D eigenvalue weighted by atomic mass is 16.3. The zero-order chi connectivity index (χ0) is 39.6. The average Bonchev–Trinajstić information content (AvgIpc) is 3.86. The van der Waals surface area contributed by atoms with Crippen molar-refractivity contribution in [1.29, 1.82) is 0 Å². The van der Waals surface area contributed by atoms with E-state index < -0.39 is 5.41 Å². The Labute approximate surface area is 347 Å². The third-order valence-electron chi connectivity index (χ3n) is 12.4. The molecule has 1 aliphatic rings. The van der Waals surface area contributed by atoms with Gasteiger partial charge in [0.25, 0.3) is 0 Å². The van der Waals surface area contributed by atoms with E-state index in [1.54, 1.807) is 0 Å².